The van der Waals surface area contributed by atoms with Gasteiger partial charge in [-0.2, -0.15) is 13.2 Å². The molecule has 1 amide bonds. The third-order valence-corrected chi connectivity index (χ3v) is 2.57. The van der Waals surface area contributed by atoms with E-state index in [0.717, 1.165) is 0 Å². The van der Waals surface area contributed by atoms with Gasteiger partial charge in [0.25, 0.3) is 0 Å². The van der Waals surface area contributed by atoms with E-state index in [1.807, 2.05) is 0 Å². The second-order valence-electron chi connectivity index (χ2n) is 4.01. The number of amides is 1. The molecule has 0 aliphatic heterocycles. The van der Waals surface area contributed by atoms with Crippen molar-refractivity contribution >= 4 is 11.6 Å². The largest absolute Gasteiger partial charge is 0.471 e. The van der Waals surface area contributed by atoms with Gasteiger partial charge in [-0.25, -0.2) is 4.39 Å². The second-order valence-corrected chi connectivity index (χ2v) is 4.01. The molecule has 0 saturated carbocycles. The minimum absolute atomic E-state index is 0.0274. The molecular formula is C14H9F4NO. The van der Waals surface area contributed by atoms with E-state index in [1.54, 1.807) is 17.4 Å². The first kappa shape index (κ1) is 14.0. The van der Waals surface area contributed by atoms with Gasteiger partial charge in [0.05, 0.1) is 0 Å². The highest BCUT2D eigenvalue weighted by atomic mass is 19.4. The Labute approximate surface area is 112 Å². The van der Waals surface area contributed by atoms with E-state index in [4.69, 9.17) is 0 Å². The molecule has 0 atom stereocenters. The van der Waals surface area contributed by atoms with E-state index in [2.05, 4.69) is 0 Å². The van der Waals surface area contributed by atoms with Crippen molar-refractivity contribution in [1.29, 1.82) is 0 Å². The van der Waals surface area contributed by atoms with E-state index in [0.29, 0.717) is 11.1 Å². The Morgan fingerprint density at radius 3 is 2.35 bits per heavy atom. The summed E-state index contributed by atoms with van der Waals surface area (Å²) in [6.07, 6.45) is -4.98. The van der Waals surface area contributed by atoms with Gasteiger partial charge in [-0.15, -0.1) is 0 Å². The van der Waals surface area contributed by atoms with Gasteiger partial charge in [0.1, 0.15) is 5.82 Å². The fourth-order valence-electron chi connectivity index (χ4n) is 1.69. The van der Waals surface area contributed by atoms with Crippen LogP contribution in [-0.2, 0) is 4.79 Å². The van der Waals surface area contributed by atoms with E-state index >= 15 is 0 Å². The van der Waals surface area contributed by atoms with Crippen LogP contribution in [0.5, 0.6) is 0 Å². The van der Waals surface area contributed by atoms with Crippen molar-refractivity contribution in [3.63, 3.8) is 0 Å². The van der Waals surface area contributed by atoms with Gasteiger partial charge in [-0.05, 0) is 23.8 Å². The molecule has 6 heteroatoms. The molecule has 0 aliphatic rings. The highest BCUT2D eigenvalue weighted by molar-refractivity contribution is 5.98. The van der Waals surface area contributed by atoms with Crippen molar-refractivity contribution in [2.75, 3.05) is 5.32 Å². The average Bonchev–Trinajstić information content (AvgIpc) is 2.38. The first-order chi connectivity index (χ1) is 9.38. The number of benzene rings is 2. The van der Waals surface area contributed by atoms with Crippen LogP contribution in [-0.4, -0.2) is 12.1 Å². The van der Waals surface area contributed by atoms with Crippen molar-refractivity contribution < 1.29 is 22.4 Å². The maximum absolute atomic E-state index is 13.2. The number of alkyl halides is 3. The Morgan fingerprint density at radius 1 is 1.00 bits per heavy atom. The molecule has 2 aromatic carbocycles. The normalized spacial score (nSPS) is 11.2. The van der Waals surface area contributed by atoms with Crippen molar-refractivity contribution in [2.24, 2.45) is 0 Å². The molecule has 2 rings (SSSR count). The number of carbonyl (C=O) groups excluding carboxylic acids is 1. The van der Waals surface area contributed by atoms with Crippen LogP contribution < -0.4 is 5.32 Å². The molecule has 0 radical (unpaired) electrons. The number of rotatable bonds is 2. The van der Waals surface area contributed by atoms with Crippen LogP contribution >= 0.6 is 0 Å². The number of nitrogens with one attached hydrogen (secondary N) is 1. The highest BCUT2D eigenvalue weighted by Crippen LogP contribution is 2.29. The summed E-state index contributed by atoms with van der Waals surface area (Å²) in [6, 6.07) is 11.3. The third kappa shape index (κ3) is 3.14. The predicted molar refractivity (Wildman–Crippen MR) is 66.5 cm³/mol. The lowest BCUT2D eigenvalue weighted by atomic mass is 10.0. The molecule has 0 saturated heterocycles. The van der Waals surface area contributed by atoms with Crippen LogP contribution in [0, 0.1) is 5.82 Å². The fourth-order valence-corrected chi connectivity index (χ4v) is 1.69. The van der Waals surface area contributed by atoms with Gasteiger partial charge < -0.3 is 5.32 Å². The third-order valence-electron chi connectivity index (χ3n) is 2.57. The van der Waals surface area contributed by atoms with Crippen LogP contribution in [0.3, 0.4) is 0 Å². The van der Waals surface area contributed by atoms with E-state index in [9.17, 15) is 22.4 Å². The Morgan fingerprint density at radius 2 is 1.70 bits per heavy atom. The molecule has 0 fully saturated rings. The van der Waals surface area contributed by atoms with Gasteiger partial charge >= 0.3 is 12.1 Å². The van der Waals surface area contributed by atoms with E-state index in [-0.39, 0.29) is 5.69 Å². The van der Waals surface area contributed by atoms with Crippen molar-refractivity contribution in [2.45, 2.75) is 6.18 Å². The molecule has 104 valence electrons. The van der Waals surface area contributed by atoms with Crippen LogP contribution in [0.15, 0.2) is 48.5 Å². The Bertz CT molecular complexity index is 637. The van der Waals surface area contributed by atoms with Gasteiger partial charge in [0.2, 0.25) is 0 Å². The van der Waals surface area contributed by atoms with Crippen molar-refractivity contribution in [3.05, 3.63) is 54.3 Å². The maximum Gasteiger partial charge on any atom is 0.471 e. The zero-order valence-electron chi connectivity index (χ0n) is 10.0. The van der Waals surface area contributed by atoms with Gasteiger partial charge in [-0.1, -0.05) is 30.3 Å². The smallest absolute Gasteiger partial charge is 0.318 e. The lowest BCUT2D eigenvalue weighted by Gasteiger charge is -2.12. The minimum atomic E-state index is -4.98. The average molecular weight is 283 g/mol. The monoisotopic (exact) mass is 283 g/mol. The van der Waals surface area contributed by atoms with E-state index < -0.39 is 17.9 Å². The first-order valence-corrected chi connectivity index (χ1v) is 5.61. The van der Waals surface area contributed by atoms with Crippen LogP contribution in [0.25, 0.3) is 11.1 Å². The van der Waals surface area contributed by atoms with Crippen molar-refractivity contribution in [1.82, 2.24) is 0 Å². The number of para-hydroxylation sites is 1. The fraction of sp³-hybridized carbons (Fsp3) is 0.0714. The molecule has 0 aromatic heterocycles. The number of carbonyl (C=O) groups is 1. The first-order valence-electron chi connectivity index (χ1n) is 5.61. The zero-order chi connectivity index (χ0) is 14.8. The molecule has 0 unspecified atom stereocenters. The summed E-state index contributed by atoms with van der Waals surface area (Å²) in [6.45, 7) is 0. The molecule has 2 nitrogen and oxygen atoms in total. The molecule has 20 heavy (non-hydrogen) atoms. The Kier molecular flexibility index (Phi) is 3.74. The standard InChI is InChI=1S/C14H9F4NO/c15-10-5-3-4-9(8-10)11-6-1-2-7-12(11)19-13(20)14(16,17)18/h1-8H,(H,19,20). The number of hydrogen-bond donors (Lipinski definition) is 1. The molecule has 1 N–H and O–H groups in total. The van der Waals surface area contributed by atoms with Crippen molar-refractivity contribution in [3.8, 4) is 11.1 Å². The maximum atomic E-state index is 13.2. The zero-order valence-corrected chi connectivity index (χ0v) is 10.0. The second kappa shape index (κ2) is 5.32. The quantitative estimate of drug-likeness (QED) is 0.829. The molecular weight excluding hydrogens is 274 g/mol. The summed E-state index contributed by atoms with van der Waals surface area (Å²) in [5.74, 6) is -2.58. The van der Waals surface area contributed by atoms with Crippen LogP contribution in [0.2, 0.25) is 0 Å². The summed E-state index contributed by atoms with van der Waals surface area (Å²) in [4.78, 5) is 11.0. The number of anilines is 1. The predicted octanol–water partition coefficient (Wildman–Crippen LogP) is 3.99. The number of halogens is 4. The molecule has 0 spiro atoms. The minimum Gasteiger partial charge on any atom is -0.318 e. The summed E-state index contributed by atoms with van der Waals surface area (Å²) in [7, 11) is 0. The van der Waals surface area contributed by atoms with Crippen LogP contribution in [0.1, 0.15) is 0 Å². The number of hydrogen-bond acceptors (Lipinski definition) is 1. The summed E-state index contributed by atoms with van der Waals surface area (Å²) in [5, 5.41) is 1.78. The molecule has 0 bridgehead atoms. The highest BCUT2D eigenvalue weighted by Gasteiger charge is 2.38. The summed E-state index contributed by atoms with van der Waals surface area (Å²) >= 11 is 0. The molecule has 0 aliphatic carbocycles. The summed E-state index contributed by atoms with van der Waals surface area (Å²) < 4.78 is 50.0. The SMILES string of the molecule is O=C(Nc1ccccc1-c1cccc(F)c1)C(F)(F)F. The van der Waals surface area contributed by atoms with Gasteiger partial charge in [0.15, 0.2) is 0 Å². The Balaban J connectivity index is 2.39. The van der Waals surface area contributed by atoms with Crippen LogP contribution in [0.4, 0.5) is 23.2 Å². The lowest BCUT2D eigenvalue weighted by molar-refractivity contribution is -0.167. The molecule has 0 heterocycles. The van der Waals surface area contributed by atoms with Gasteiger partial charge in [-0.3, -0.25) is 4.79 Å². The Hall–Kier alpha value is -2.37. The van der Waals surface area contributed by atoms with Gasteiger partial charge in [0, 0.05) is 11.3 Å². The molecule has 2 aromatic rings. The topological polar surface area (TPSA) is 29.1 Å². The lowest BCUT2D eigenvalue weighted by Crippen LogP contribution is -2.30. The summed E-state index contributed by atoms with van der Waals surface area (Å²) in [5.41, 5.74) is 0.660. The van der Waals surface area contributed by atoms with E-state index in [1.165, 1.54) is 36.4 Å².